The molecule has 0 unspecified atom stereocenters. The lowest BCUT2D eigenvalue weighted by molar-refractivity contribution is 0.0566. The zero-order valence-corrected chi connectivity index (χ0v) is 7.52. The molecule has 0 fully saturated rings. The van der Waals surface area contributed by atoms with Gasteiger partial charge in [0, 0.05) is 6.07 Å². The van der Waals surface area contributed by atoms with Gasteiger partial charge in [-0.25, -0.2) is 8.78 Å². The highest BCUT2D eigenvalue weighted by atomic mass is 19.3. The highest BCUT2D eigenvalue weighted by Crippen LogP contribution is 2.32. The fourth-order valence-corrected chi connectivity index (χ4v) is 0.986. The average Bonchev–Trinajstić information content (AvgIpc) is 2.20. The van der Waals surface area contributed by atoms with E-state index in [2.05, 4.69) is 4.74 Å². The van der Waals surface area contributed by atoms with E-state index in [-0.39, 0.29) is 6.07 Å². The van der Waals surface area contributed by atoms with Crippen molar-refractivity contribution in [2.75, 3.05) is 7.11 Å². The number of halogens is 4. The van der Waals surface area contributed by atoms with Gasteiger partial charge < -0.3 is 4.74 Å². The third-order valence-electron chi connectivity index (χ3n) is 1.72. The van der Waals surface area contributed by atoms with Gasteiger partial charge in [-0.05, 0) is 6.07 Å². The van der Waals surface area contributed by atoms with Gasteiger partial charge in [0.1, 0.15) is 11.9 Å². The zero-order valence-electron chi connectivity index (χ0n) is 7.52. The maximum absolute atomic E-state index is 13.0. The summed E-state index contributed by atoms with van der Waals surface area (Å²) >= 11 is 0. The molecule has 1 rings (SSSR count). The van der Waals surface area contributed by atoms with Crippen molar-refractivity contribution in [2.45, 2.75) is 5.92 Å². The van der Waals surface area contributed by atoms with Crippen molar-refractivity contribution in [2.24, 2.45) is 0 Å². The Morgan fingerprint density at radius 2 is 1.87 bits per heavy atom. The Bertz CT molecular complexity index is 425. The van der Waals surface area contributed by atoms with Gasteiger partial charge in [-0.2, -0.15) is 14.0 Å². The van der Waals surface area contributed by atoms with Crippen molar-refractivity contribution in [1.82, 2.24) is 0 Å². The first-order chi connectivity index (χ1) is 6.92. The predicted molar refractivity (Wildman–Crippen MR) is 42.4 cm³/mol. The summed E-state index contributed by atoms with van der Waals surface area (Å²) in [5.41, 5.74) is -1.30. The highest BCUT2D eigenvalue weighted by molar-refractivity contribution is 5.35. The van der Waals surface area contributed by atoms with Crippen LogP contribution >= 0.6 is 0 Å². The molecular formula is C9H5F4NO. The van der Waals surface area contributed by atoms with Gasteiger partial charge in [0.05, 0.1) is 12.7 Å². The van der Waals surface area contributed by atoms with E-state index in [1.54, 1.807) is 0 Å². The van der Waals surface area contributed by atoms with Crippen LogP contribution in [0.2, 0.25) is 0 Å². The second-order valence-corrected chi connectivity index (χ2v) is 2.65. The van der Waals surface area contributed by atoms with Gasteiger partial charge in [0.25, 0.3) is 0 Å². The Hall–Kier alpha value is -1.77. The quantitative estimate of drug-likeness (QED) is 0.716. The molecule has 0 bridgehead atoms. The molecule has 0 aliphatic carbocycles. The first kappa shape index (κ1) is 11.3. The fourth-order valence-electron chi connectivity index (χ4n) is 0.986. The molecule has 0 saturated carbocycles. The van der Waals surface area contributed by atoms with Gasteiger partial charge >= 0.3 is 5.92 Å². The Morgan fingerprint density at radius 1 is 1.27 bits per heavy atom. The van der Waals surface area contributed by atoms with E-state index >= 15 is 0 Å². The summed E-state index contributed by atoms with van der Waals surface area (Å²) in [5.74, 6) is -7.09. The monoisotopic (exact) mass is 219 g/mol. The molecule has 0 aromatic heterocycles. The van der Waals surface area contributed by atoms with E-state index in [9.17, 15) is 17.6 Å². The lowest BCUT2D eigenvalue weighted by Crippen LogP contribution is -2.13. The Balaban J connectivity index is 3.36. The summed E-state index contributed by atoms with van der Waals surface area (Å²) in [6, 6.07) is 1.30. The van der Waals surface area contributed by atoms with Crippen molar-refractivity contribution >= 4 is 0 Å². The molecule has 1 aromatic rings. The van der Waals surface area contributed by atoms with Crippen LogP contribution in [-0.2, 0) is 5.92 Å². The van der Waals surface area contributed by atoms with Gasteiger partial charge in [-0.15, -0.1) is 0 Å². The number of alkyl halides is 2. The Labute approximate surface area is 82.7 Å². The molecular weight excluding hydrogens is 214 g/mol. The van der Waals surface area contributed by atoms with E-state index in [0.29, 0.717) is 12.1 Å². The van der Waals surface area contributed by atoms with Gasteiger partial charge in [-0.1, -0.05) is 0 Å². The molecule has 0 N–H and O–H groups in total. The lowest BCUT2D eigenvalue weighted by Gasteiger charge is -2.10. The van der Waals surface area contributed by atoms with Crippen LogP contribution in [0.3, 0.4) is 0 Å². The third-order valence-corrected chi connectivity index (χ3v) is 1.72. The van der Waals surface area contributed by atoms with Crippen molar-refractivity contribution < 1.29 is 22.3 Å². The minimum atomic E-state index is -4.06. The molecule has 0 amide bonds. The number of benzene rings is 1. The molecule has 0 atom stereocenters. The van der Waals surface area contributed by atoms with Gasteiger partial charge in [0.15, 0.2) is 11.6 Å². The van der Waals surface area contributed by atoms with Crippen LogP contribution in [0.4, 0.5) is 17.6 Å². The second kappa shape index (κ2) is 3.77. The zero-order chi connectivity index (χ0) is 11.6. The third kappa shape index (κ3) is 2.01. The molecule has 0 radical (unpaired) electrons. The molecule has 80 valence electrons. The maximum atomic E-state index is 13.0. The predicted octanol–water partition coefficient (Wildman–Crippen LogP) is 2.59. The molecule has 0 spiro atoms. The smallest absolute Gasteiger partial charge is 0.360 e. The summed E-state index contributed by atoms with van der Waals surface area (Å²) in [5, 5.41) is 8.07. The Kier molecular flexibility index (Phi) is 2.84. The van der Waals surface area contributed by atoms with Crippen LogP contribution in [-0.4, -0.2) is 7.11 Å². The van der Waals surface area contributed by atoms with Crippen molar-refractivity contribution in [3.05, 3.63) is 29.3 Å². The van der Waals surface area contributed by atoms with E-state index in [4.69, 9.17) is 5.26 Å². The largest absolute Gasteiger partial charge is 0.494 e. The van der Waals surface area contributed by atoms with E-state index in [1.165, 1.54) is 0 Å². The average molecular weight is 219 g/mol. The second-order valence-electron chi connectivity index (χ2n) is 2.65. The van der Waals surface area contributed by atoms with E-state index < -0.39 is 28.9 Å². The first-order valence-electron chi connectivity index (χ1n) is 3.75. The van der Waals surface area contributed by atoms with Crippen molar-refractivity contribution in [1.29, 1.82) is 5.26 Å². The van der Waals surface area contributed by atoms with Gasteiger partial charge in [0.2, 0.25) is 0 Å². The number of nitrogens with zero attached hydrogens (tertiary/aromatic N) is 1. The number of rotatable bonds is 2. The number of ether oxygens (including phenoxy) is 1. The molecule has 0 saturated heterocycles. The van der Waals surface area contributed by atoms with Crippen LogP contribution < -0.4 is 4.74 Å². The van der Waals surface area contributed by atoms with Crippen molar-refractivity contribution in [3.8, 4) is 11.8 Å². The van der Waals surface area contributed by atoms with Gasteiger partial charge in [-0.3, -0.25) is 0 Å². The molecule has 2 nitrogen and oxygen atoms in total. The Morgan fingerprint density at radius 3 is 2.33 bits per heavy atom. The van der Waals surface area contributed by atoms with Crippen LogP contribution in [0.25, 0.3) is 0 Å². The summed E-state index contributed by atoms with van der Waals surface area (Å²) in [6.45, 7) is 0. The molecule has 6 heteroatoms. The standard InChI is InChI=1S/C9H5F4NO/c1-15-8-3-6(10)5(2-7(8)11)9(12,13)4-14/h2-3H,1H3. The highest BCUT2D eigenvalue weighted by Gasteiger charge is 2.35. The number of nitriles is 1. The maximum Gasteiger partial charge on any atom is 0.360 e. The normalized spacial score (nSPS) is 10.9. The van der Waals surface area contributed by atoms with E-state index in [1.807, 2.05) is 0 Å². The minimum Gasteiger partial charge on any atom is -0.494 e. The van der Waals surface area contributed by atoms with Crippen molar-refractivity contribution in [3.63, 3.8) is 0 Å². The molecule has 0 aliphatic rings. The summed E-state index contributed by atoms with van der Waals surface area (Å²) in [7, 11) is 1.07. The van der Waals surface area contributed by atoms with Crippen LogP contribution in [0.1, 0.15) is 5.56 Å². The number of hydrogen-bond donors (Lipinski definition) is 0. The topological polar surface area (TPSA) is 33.0 Å². The molecule has 1 aromatic carbocycles. The lowest BCUT2D eigenvalue weighted by atomic mass is 10.1. The fraction of sp³-hybridized carbons (Fsp3) is 0.222. The molecule has 0 aliphatic heterocycles. The minimum absolute atomic E-state index is 0.247. The number of methoxy groups -OCH3 is 1. The number of hydrogen-bond acceptors (Lipinski definition) is 2. The van der Waals surface area contributed by atoms with Crippen LogP contribution in [0.15, 0.2) is 12.1 Å². The molecule has 0 heterocycles. The first-order valence-corrected chi connectivity index (χ1v) is 3.75. The summed E-state index contributed by atoms with van der Waals surface area (Å²) in [4.78, 5) is 0. The summed E-state index contributed by atoms with van der Waals surface area (Å²) in [6.07, 6.45) is 0. The van der Waals surface area contributed by atoms with Crippen LogP contribution in [0.5, 0.6) is 5.75 Å². The summed E-state index contributed by atoms with van der Waals surface area (Å²) < 4.78 is 55.9. The molecule has 15 heavy (non-hydrogen) atoms. The van der Waals surface area contributed by atoms with E-state index in [0.717, 1.165) is 7.11 Å². The SMILES string of the molecule is COc1cc(F)c(C(F)(F)C#N)cc1F. The van der Waals surface area contributed by atoms with Crippen LogP contribution in [0, 0.1) is 23.0 Å².